The van der Waals surface area contributed by atoms with E-state index in [1.807, 2.05) is 0 Å². The Balaban J connectivity index is 2.72. The van der Waals surface area contributed by atoms with E-state index in [0.717, 1.165) is 0 Å². The summed E-state index contributed by atoms with van der Waals surface area (Å²) in [7, 11) is 3.04. The highest BCUT2D eigenvalue weighted by Gasteiger charge is 2.20. The third-order valence-corrected chi connectivity index (χ3v) is 2.78. The monoisotopic (exact) mass is 295 g/mol. The predicted molar refractivity (Wildman–Crippen MR) is 78.6 cm³/mol. The number of carbonyl (C=O) groups is 2. The van der Waals surface area contributed by atoms with Gasteiger partial charge in [0.1, 0.15) is 0 Å². The molecular formula is C15H21NO5. The van der Waals surface area contributed by atoms with Crippen LogP contribution in [0.4, 0.5) is 5.69 Å². The van der Waals surface area contributed by atoms with Crippen LogP contribution in [0.2, 0.25) is 0 Å². The lowest BCUT2D eigenvalue weighted by atomic mass is 10.2. The fourth-order valence-electron chi connectivity index (χ4n) is 1.52. The van der Waals surface area contributed by atoms with E-state index < -0.39 is 18.0 Å². The molecule has 0 saturated heterocycles. The second kappa shape index (κ2) is 7.52. The molecule has 6 nitrogen and oxygen atoms in total. The zero-order chi connectivity index (χ0) is 16.0. The van der Waals surface area contributed by atoms with Crippen LogP contribution in [-0.4, -0.2) is 32.2 Å². The summed E-state index contributed by atoms with van der Waals surface area (Å²) in [6.07, 6.45) is -0.868. The number of hydrogen-bond donors (Lipinski definition) is 1. The molecule has 0 fully saturated rings. The molecule has 0 aliphatic carbocycles. The largest absolute Gasteiger partial charge is 0.493 e. The molecule has 0 heterocycles. The van der Waals surface area contributed by atoms with E-state index in [1.54, 1.807) is 32.0 Å². The summed E-state index contributed by atoms with van der Waals surface area (Å²) in [5.74, 6) is -0.0283. The normalized spacial score (nSPS) is 11.7. The highest BCUT2D eigenvalue weighted by Crippen LogP contribution is 2.29. The van der Waals surface area contributed by atoms with E-state index in [0.29, 0.717) is 17.2 Å². The zero-order valence-corrected chi connectivity index (χ0v) is 12.9. The number of rotatable bonds is 6. The molecule has 6 heteroatoms. The summed E-state index contributed by atoms with van der Waals surface area (Å²) in [6, 6.07) is 4.99. The van der Waals surface area contributed by atoms with Gasteiger partial charge in [0.2, 0.25) is 0 Å². The number of methoxy groups -OCH3 is 2. The molecule has 1 aromatic rings. The Labute approximate surface area is 124 Å². The van der Waals surface area contributed by atoms with Crippen molar-refractivity contribution in [2.45, 2.75) is 26.9 Å². The highest BCUT2D eigenvalue weighted by atomic mass is 16.5. The summed E-state index contributed by atoms with van der Waals surface area (Å²) in [6.45, 7) is 4.94. The van der Waals surface area contributed by atoms with Crippen molar-refractivity contribution in [1.29, 1.82) is 0 Å². The van der Waals surface area contributed by atoms with Crippen molar-refractivity contribution in [2.75, 3.05) is 19.5 Å². The number of amides is 1. The van der Waals surface area contributed by atoms with Crippen molar-refractivity contribution in [3.8, 4) is 11.5 Å². The molecule has 0 spiro atoms. The molecule has 0 aliphatic heterocycles. The minimum Gasteiger partial charge on any atom is -0.493 e. The van der Waals surface area contributed by atoms with E-state index in [9.17, 15) is 9.59 Å². The second-order valence-corrected chi connectivity index (χ2v) is 4.79. The number of esters is 1. The Morgan fingerprint density at radius 2 is 1.67 bits per heavy atom. The quantitative estimate of drug-likeness (QED) is 0.815. The van der Waals surface area contributed by atoms with Crippen molar-refractivity contribution in [3.05, 3.63) is 18.2 Å². The van der Waals surface area contributed by atoms with Crippen molar-refractivity contribution in [1.82, 2.24) is 0 Å². The Hall–Kier alpha value is -2.24. The fourth-order valence-corrected chi connectivity index (χ4v) is 1.52. The first-order valence-electron chi connectivity index (χ1n) is 6.62. The lowest BCUT2D eigenvalue weighted by Gasteiger charge is -2.15. The lowest BCUT2D eigenvalue weighted by molar-refractivity contribution is -0.156. The van der Waals surface area contributed by atoms with Crippen molar-refractivity contribution in [2.24, 2.45) is 5.92 Å². The van der Waals surface area contributed by atoms with Gasteiger partial charge in [0.05, 0.1) is 20.1 Å². The van der Waals surface area contributed by atoms with Crippen LogP contribution in [-0.2, 0) is 14.3 Å². The van der Waals surface area contributed by atoms with Gasteiger partial charge >= 0.3 is 5.97 Å². The van der Waals surface area contributed by atoms with Gasteiger partial charge in [0.15, 0.2) is 17.6 Å². The average molecular weight is 295 g/mol. The minimum absolute atomic E-state index is 0.277. The molecule has 0 aliphatic rings. The summed E-state index contributed by atoms with van der Waals surface area (Å²) < 4.78 is 15.3. The molecule has 116 valence electrons. The standard InChI is InChI=1S/C15H21NO5/c1-9(2)15(18)21-10(3)14(17)16-11-6-7-12(19-4)13(8-11)20-5/h6-10H,1-5H3,(H,16,17)/t10-/m0/s1. The second-order valence-electron chi connectivity index (χ2n) is 4.79. The minimum atomic E-state index is -0.868. The molecule has 1 rings (SSSR count). The van der Waals surface area contributed by atoms with Gasteiger partial charge in [0, 0.05) is 11.8 Å². The lowest BCUT2D eigenvalue weighted by Crippen LogP contribution is -2.31. The molecule has 1 N–H and O–H groups in total. The van der Waals surface area contributed by atoms with Crippen molar-refractivity contribution >= 4 is 17.6 Å². The maximum atomic E-state index is 12.0. The molecular weight excluding hydrogens is 274 g/mol. The zero-order valence-electron chi connectivity index (χ0n) is 12.9. The van der Waals surface area contributed by atoms with Crippen LogP contribution >= 0.6 is 0 Å². The van der Waals surface area contributed by atoms with E-state index in [1.165, 1.54) is 21.1 Å². The smallest absolute Gasteiger partial charge is 0.309 e. The molecule has 21 heavy (non-hydrogen) atoms. The summed E-state index contributed by atoms with van der Waals surface area (Å²) >= 11 is 0. The van der Waals surface area contributed by atoms with Gasteiger partial charge in [-0.1, -0.05) is 13.8 Å². The van der Waals surface area contributed by atoms with E-state index in [4.69, 9.17) is 14.2 Å². The number of benzene rings is 1. The van der Waals surface area contributed by atoms with Crippen LogP contribution in [0.5, 0.6) is 11.5 Å². The van der Waals surface area contributed by atoms with Gasteiger partial charge in [0.25, 0.3) is 5.91 Å². The van der Waals surface area contributed by atoms with Crippen LogP contribution in [0.1, 0.15) is 20.8 Å². The third-order valence-electron chi connectivity index (χ3n) is 2.78. The molecule has 1 atom stereocenters. The Morgan fingerprint density at radius 3 is 2.19 bits per heavy atom. The van der Waals surface area contributed by atoms with E-state index in [2.05, 4.69) is 5.32 Å². The number of anilines is 1. The Morgan fingerprint density at radius 1 is 1.05 bits per heavy atom. The number of ether oxygens (including phenoxy) is 3. The van der Waals surface area contributed by atoms with Gasteiger partial charge in [-0.25, -0.2) is 0 Å². The molecule has 1 aromatic carbocycles. The van der Waals surface area contributed by atoms with Crippen LogP contribution in [0.25, 0.3) is 0 Å². The summed E-state index contributed by atoms with van der Waals surface area (Å²) in [4.78, 5) is 23.4. The van der Waals surface area contributed by atoms with Gasteiger partial charge in [-0.2, -0.15) is 0 Å². The van der Waals surface area contributed by atoms with Crippen LogP contribution in [0.3, 0.4) is 0 Å². The molecule has 1 amide bonds. The maximum absolute atomic E-state index is 12.0. The maximum Gasteiger partial charge on any atom is 0.309 e. The molecule has 0 radical (unpaired) electrons. The third kappa shape index (κ3) is 4.66. The number of hydrogen-bond acceptors (Lipinski definition) is 5. The average Bonchev–Trinajstić information content (AvgIpc) is 2.46. The molecule has 0 aromatic heterocycles. The Kier molecular flexibility index (Phi) is 6.02. The van der Waals surface area contributed by atoms with E-state index in [-0.39, 0.29) is 5.92 Å². The van der Waals surface area contributed by atoms with Crippen LogP contribution in [0.15, 0.2) is 18.2 Å². The van der Waals surface area contributed by atoms with Crippen LogP contribution < -0.4 is 14.8 Å². The number of carbonyl (C=O) groups excluding carboxylic acids is 2. The van der Waals surface area contributed by atoms with Crippen molar-refractivity contribution in [3.63, 3.8) is 0 Å². The first kappa shape index (κ1) is 16.8. The molecule has 0 bridgehead atoms. The van der Waals surface area contributed by atoms with Gasteiger partial charge in [-0.15, -0.1) is 0 Å². The van der Waals surface area contributed by atoms with Gasteiger partial charge in [-0.3, -0.25) is 9.59 Å². The summed E-state index contributed by atoms with van der Waals surface area (Å²) in [5, 5.41) is 2.66. The van der Waals surface area contributed by atoms with Gasteiger partial charge < -0.3 is 19.5 Å². The topological polar surface area (TPSA) is 73.9 Å². The van der Waals surface area contributed by atoms with E-state index >= 15 is 0 Å². The molecule has 0 unspecified atom stereocenters. The number of nitrogens with one attached hydrogen (secondary N) is 1. The van der Waals surface area contributed by atoms with Crippen LogP contribution in [0, 0.1) is 5.92 Å². The Bertz CT molecular complexity index is 513. The highest BCUT2D eigenvalue weighted by molar-refractivity contribution is 5.95. The fraction of sp³-hybridized carbons (Fsp3) is 0.467. The van der Waals surface area contributed by atoms with Crippen molar-refractivity contribution < 1.29 is 23.8 Å². The SMILES string of the molecule is COc1ccc(NC(=O)[C@H](C)OC(=O)C(C)C)cc1OC. The first-order chi connectivity index (χ1) is 9.88. The summed E-state index contributed by atoms with van der Waals surface area (Å²) in [5.41, 5.74) is 0.532. The first-order valence-corrected chi connectivity index (χ1v) is 6.62. The van der Waals surface area contributed by atoms with Gasteiger partial charge in [-0.05, 0) is 19.1 Å². The predicted octanol–water partition coefficient (Wildman–Crippen LogP) is 2.23. The molecule has 0 saturated carbocycles.